The lowest BCUT2D eigenvalue weighted by molar-refractivity contribution is -0.283. The van der Waals surface area contributed by atoms with Crippen LogP contribution >= 0.6 is 0 Å². The van der Waals surface area contributed by atoms with E-state index in [1.54, 1.807) is 0 Å². The minimum absolute atomic E-state index is 0.489. The molecule has 2 aromatic rings. The van der Waals surface area contributed by atoms with Gasteiger partial charge in [0, 0.05) is 22.1 Å². The average molecular weight is 370 g/mol. The number of furan rings is 1. The van der Waals surface area contributed by atoms with Crippen molar-refractivity contribution in [3.05, 3.63) is 33.6 Å². The number of hydrogen-bond acceptors (Lipinski definition) is 4. The maximum absolute atomic E-state index is 6.54. The van der Waals surface area contributed by atoms with Gasteiger partial charge in [-0.05, 0) is 85.9 Å². The van der Waals surface area contributed by atoms with Gasteiger partial charge in [-0.25, -0.2) is 0 Å². The van der Waals surface area contributed by atoms with Gasteiger partial charge >= 0.3 is 5.97 Å². The van der Waals surface area contributed by atoms with Crippen LogP contribution in [-0.4, -0.2) is 17.2 Å². The lowest BCUT2D eigenvalue weighted by atomic mass is 9.88. The molecule has 0 atom stereocenters. The lowest BCUT2D eigenvalue weighted by Gasteiger charge is -2.37. The van der Waals surface area contributed by atoms with Crippen LogP contribution < -0.4 is 4.74 Å². The summed E-state index contributed by atoms with van der Waals surface area (Å²) in [7, 11) is 0. The zero-order chi connectivity index (χ0) is 20.1. The first-order valence-corrected chi connectivity index (χ1v) is 9.63. The summed E-state index contributed by atoms with van der Waals surface area (Å²) >= 11 is 0. The van der Waals surface area contributed by atoms with Crippen LogP contribution in [-0.2, 0) is 9.47 Å². The number of hydrogen-bond donors (Lipinski definition) is 0. The molecule has 0 N–H and O–H groups in total. The van der Waals surface area contributed by atoms with Gasteiger partial charge < -0.3 is 18.6 Å². The number of ether oxygens (including phenoxy) is 3. The highest BCUT2D eigenvalue weighted by atomic mass is 16.9. The first-order valence-electron chi connectivity index (χ1n) is 9.63. The van der Waals surface area contributed by atoms with Crippen LogP contribution in [0.2, 0.25) is 0 Å². The monoisotopic (exact) mass is 370 g/mol. The molecule has 1 aromatic heterocycles. The van der Waals surface area contributed by atoms with Crippen molar-refractivity contribution in [3.63, 3.8) is 0 Å². The molecule has 1 spiro atoms. The van der Waals surface area contributed by atoms with Crippen molar-refractivity contribution in [1.29, 1.82) is 0 Å². The van der Waals surface area contributed by atoms with Gasteiger partial charge in [0.1, 0.15) is 17.1 Å². The normalized spacial score (nSPS) is 22.4. The zero-order valence-electron chi connectivity index (χ0n) is 18.1. The average Bonchev–Trinajstić information content (AvgIpc) is 2.94. The van der Waals surface area contributed by atoms with E-state index in [4.69, 9.17) is 18.6 Å². The molecule has 4 heteroatoms. The predicted octanol–water partition coefficient (Wildman–Crippen LogP) is 6.11. The van der Waals surface area contributed by atoms with Gasteiger partial charge in [0.05, 0.1) is 11.2 Å². The van der Waals surface area contributed by atoms with E-state index >= 15 is 0 Å². The summed E-state index contributed by atoms with van der Waals surface area (Å²) < 4.78 is 25.5. The van der Waals surface area contributed by atoms with Crippen LogP contribution in [0.4, 0.5) is 0 Å². The SMILES string of the molecule is CC1=C(C)C2(Oc3c1c(C)c1c(C)c(C)oc1c3C)OC(C)(C)C(C)(C)O2. The molecule has 2 aliphatic rings. The minimum Gasteiger partial charge on any atom is -0.461 e. The smallest absolute Gasteiger partial charge is 0.353 e. The summed E-state index contributed by atoms with van der Waals surface area (Å²) in [4.78, 5) is 0. The van der Waals surface area contributed by atoms with Crippen molar-refractivity contribution in [2.24, 2.45) is 0 Å². The predicted molar refractivity (Wildman–Crippen MR) is 107 cm³/mol. The summed E-state index contributed by atoms with van der Waals surface area (Å²) in [6.07, 6.45) is 0. The molecule has 3 heterocycles. The molecule has 0 bridgehead atoms. The van der Waals surface area contributed by atoms with Crippen molar-refractivity contribution in [1.82, 2.24) is 0 Å². The lowest BCUT2D eigenvalue weighted by Crippen LogP contribution is -2.43. The highest BCUT2D eigenvalue weighted by molar-refractivity contribution is 5.96. The second-order valence-corrected chi connectivity index (χ2v) is 9.07. The molecule has 0 aliphatic carbocycles. The highest BCUT2D eigenvalue weighted by Crippen LogP contribution is 2.54. The summed E-state index contributed by atoms with van der Waals surface area (Å²) in [5.41, 5.74) is 6.51. The zero-order valence-corrected chi connectivity index (χ0v) is 18.1. The Morgan fingerprint density at radius 3 is 1.81 bits per heavy atom. The molecule has 27 heavy (non-hydrogen) atoms. The largest absolute Gasteiger partial charge is 0.461 e. The second-order valence-electron chi connectivity index (χ2n) is 9.07. The van der Waals surface area contributed by atoms with Crippen LogP contribution in [0, 0.1) is 27.7 Å². The molecule has 4 rings (SSSR count). The Bertz CT molecular complexity index is 1000. The maximum Gasteiger partial charge on any atom is 0.353 e. The molecule has 1 saturated heterocycles. The minimum atomic E-state index is -1.20. The highest BCUT2D eigenvalue weighted by Gasteiger charge is 2.61. The van der Waals surface area contributed by atoms with E-state index in [1.807, 2.05) is 41.5 Å². The van der Waals surface area contributed by atoms with Gasteiger partial charge in [-0.1, -0.05) is 0 Å². The van der Waals surface area contributed by atoms with E-state index in [9.17, 15) is 0 Å². The van der Waals surface area contributed by atoms with E-state index in [1.165, 1.54) is 16.5 Å². The topological polar surface area (TPSA) is 40.8 Å². The van der Waals surface area contributed by atoms with E-state index in [0.717, 1.165) is 39.4 Å². The van der Waals surface area contributed by atoms with Crippen molar-refractivity contribution < 1.29 is 18.6 Å². The summed E-state index contributed by atoms with van der Waals surface area (Å²) in [5.74, 6) is 0.540. The van der Waals surface area contributed by atoms with E-state index in [2.05, 4.69) is 27.7 Å². The number of rotatable bonds is 0. The number of allylic oxidation sites excluding steroid dienone is 1. The van der Waals surface area contributed by atoms with Crippen molar-refractivity contribution in [2.45, 2.75) is 86.4 Å². The molecular weight excluding hydrogens is 340 g/mol. The summed E-state index contributed by atoms with van der Waals surface area (Å²) in [5, 5.41) is 1.18. The van der Waals surface area contributed by atoms with Crippen molar-refractivity contribution in [2.75, 3.05) is 0 Å². The van der Waals surface area contributed by atoms with Crippen molar-refractivity contribution in [3.8, 4) is 5.75 Å². The second kappa shape index (κ2) is 5.18. The molecule has 1 aromatic carbocycles. The van der Waals surface area contributed by atoms with Gasteiger partial charge in [0.25, 0.3) is 0 Å². The Hall–Kier alpha value is -1.78. The van der Waals surface area contributed by atoms with Crippen LogP contribution in [0.1, 0.15) is 69.6 Å². The molecule has 146 valence electrons. The fraction of sp³-hybridized carbons (Fsp3) is 0.565. The van der Waals surface area contributed by atoms with Crippen LogP contribution in [0.25, 0.3) is 16.5 Å². The Morgan fingerprint density at radius 1 is 0.704 bits per heavy atom. The standard InChI is InChI=1S/C23H30O4/c1-11-15(5)23(26-21(7,8)22(9,10)27-23)25-20-14(4)19-18(13(3)17(11)20)12(2)16(6)24-19/h1-10H3. The fourth-order valence-corrected chi connectivity index (χ4v) is 4.27. The van der Waals surface area contributed by atoms with Crippen LogP contribution in [0.15, 0.2) is 9.99 Å². The molecular formula is C23H30O4. The number of benzene rings is 1. The van der Waals surface area contributed by atoms with Gasteiger partial charge in [0.2, 0.25) is 0 Å². The van der Waals surface area contributed by atoms with E-state index in [0.29, 0.717) is 0 Å². The summed E-state index contributed by atoms with van der Waals surface area (Å²) in [6, 6.07) is 0. The molecule has 1 fully saturated rings. The third-order valence-corrected chi connectivity index (χ3v) is 6.91. The molecule has 2 aliphatic heterocycles. The number of fused-ring (bicyclic) bond motifs is 2. The Balaban J connectivity index is 2.02. The third-order valence-electron chi connectivity index (χ3n) is 6.91. The molecule has 0 radical (unpaired) electrons. The molecule has 0 saturated carbocycles. The summed E-state index contributed by atoms with van der Waals surface area (Å²) in [6.45, 7) is 20.7. The van der Waals surface area contributed by atoms with E-state index in [-0.39, 0.29) is 0 Å². The van der Waals surface area contributed by atoms with Gasteiger partial charge in [-0.15, -0.1) is 0 Å². The third kappa shape index (κ3) is 2.17. The Kier molecular flexibility index (Phi) is 3.56. The molecule has 0 unspecified atom stereocenters. The first kappa shape index (κ1) is 18.6. The first-order chi connectivity index (χ1) is 12.3. The quantitative estimate of drug-likeness (QED) is 0.561. The van der Waals surface area contributed by atoms with Crippen molar-refractivity contribution >= 4 is 16.5 Å². The van der Waals surface area contributed by atoms with Gasteiger partial charge in [0.15, 0.2) is 0 Å². The van der Waals surface area contributed by atoms with E-state index < -0.39 is 17.2 Å². The Labute approximate surface area is 161 Å². The number of aryl methyl sites for hydroxylation is 4. The molecule has 0 amide bonds. The van der Waals surface area contributed by atoms with Crippen LogP contribution in [0.5, 0.6) is 5.75 Å². The molecule has 4 nitrogen and oxygen atoms in total. The fourth-order valence-electron chi connectivity index (χ4n) is 4.27. The Morgan fingerprint density at radius 2 is 1.26 bits per heavy atom. The maximum atomic E-state index is 6.54. The van der Waals surface area contributed by atoms with Gasteiger partial charge in [-0.2, -0.15) is 0 Å². The van der Waals surface area contributed by atoms with Gasteiger partial charge in [-0.3, -0.25) is 0 Å². The van der Waals surface area contributed by atoms with Crippen LogP contribution in [0.3, 0.4) is 0 Å².